The Labute approximate surface area is 193 Å². The molecule has 0 aliphatic carbocycles. The maximum atomic E-state index is 13.0. The van der Waals surface area contributed by atoms with Crippen LogP contribution in [-0.4, -0.2) is 66.2 Å². The van der Waals surface area contributed by atoms with E-state index in [1.807, 2.05) is 24.3 Å². The van der Waals surface area contributed by atoms with Gasteiger partial charge in [-0.25, -0.2) is 19.6 Å². The lowest BCUT2D eigenvalue weighted by atomic mass is 9.94. The zero-order chi connectivity index (χ0) is 23.2. The number of aromatic nitrogens is 2. The number of piperazine rings is 1. The van der Waals surface area contributed by atoms with E-state index in [0.29, 0.717) is 23.8 Å². The topological polar surface area (TPSA) is 99.7 Å². The SMILES string of the molecule is CCOC(=O)C1=C(CN2CCN(c3ncccn3)CC2)NC(=O)N[C@@H]1c1ccc(CC)cc1. The number of anilines is 1. The van der Waals surface area contributed by atoms with E-state index in [9.17, 15) is 9.59 Å². The highest BCUT2D eigenvalue weighted by molar-refractivity contribution is 5.95. The predicted molar refractivity (Wildman–Crippen MR) is 125 cm³/mol. The zero-order valence-corrected chi connectivity index (χ0v) is 19.1. The second-order valence-electron chi connectivity index (χ2n) is 8.05. The third-order valence-electron chi connectivity index (χ3n) is 5.96. The number of carbonyl (C=O) groups is 2. The third kappa shape index (κ3) is 5.31. The molecule has 1 atom stereocenters. The van der Waals surface area contributed by atoms with Crippen LogP contribution >= 0.6 is 0 Å². The Morgan fingerprint density at radius 2 is 1.79 bits per heavy atom. The van der Waals surface area contributed by atoms with Crippen molar-refractivity contribution in [3.8, 4) is 0 Å². The quantitative estimate of drug-likeness (QED) is 0.623. The van der Waals surface area contributed by atoms with Gasteiger partial charge in [0, 0.05) is 50.8 Å². The van der Waals surface area contributed by atoms with Crippen LogP contribution in [0.2, 0.25) is 0 Å². The van der Waals surface area contributed by atoms with Gasteiger partial charge in [-0.15, -0.1) is 0 Å². The van der Waals surface area contributed by atoms with Crippen LogP contribution in [0.1, 0.15) is 31.0 Å². The molecule has 1 aromatic heterocycles. The number of carbonyl (C=O) groups excluding carboxylic acids is 2. The summed E-state index contributed by atoms with van der Waals surface area (Å²) in [5, 5.41) is 5.77. The average molecular weight is 451 g/mol. The molecule has 33 heavy (non-hydrogen) atoms. The molecule has 9 heteroatoms. The smallest absolute Gasteiger partial charge is 0.338 e. The molecule has 174 valence electrons. The van der Waals surface area contributed by atoms with Gasteiger partial charge in [-0.2, -0.15) is 0 Å². The molecule has 2 N–H and O–H groups in total. The van der Waals surface area contributed by atoms with Gasteiger partial charge in [0.25, 0.3) is 0 Å². The van der Waals surface area contributed by atoms with Crippen LogP contribution in [0.15, 0.2) is 54.0 Å². The Balaban J connectivity index is 1.56. The summed E-state index contributed by atoms with van der Waals surface area (Å²) in [7, 11) is 0. The van der Waals surface area contributed by atoms with Gasteiger partial charge in [-0.05, 0) is 30.5 Å². The van der Waals surface area contributed by atoms with E-state index < -0.39 is 12.0 Å². The summed E-state index contributed by atoms with van der Waals surface area (Å²) in [6, 6.07) is 8.90. The second-order valence-corrected chi connectivity index (χ2v) is 8.05. The van der Waals surface area contributed by atoms with Gasteiger partial charge < -0.3 is 20.3 Å². The molecule has 2 amide bonds. The highest BCUT2D eigenvalue weighted by Gasteiger charge is 2.34. The first-order valence-corrected chi connectivity index (χ1v) is 11.4. The number of nitrogens with one attached hydrogen (secondary N) is 2. The molecule has 4 rings (SSSR count). The average Bonchev–Trinajstić information content (AvgIpc) is 2.85. The lowest BCUT2D eigenvalue weighted by Crippen LogP contribution is -2.52. The minimum Gasteiger partial charge on any atom is -0.463 e. The standard InChI is InChI=1S/C24H30N6O3/c1-3-17-6-8-18(9-7-17)21-20(22(31)33-4-2)19(27-24(32)28-21)16-29-12-14-30(15-13-29)23-25-10-5-11-26-23/h5-11,21H,3-4,12-16H2,1-2H3,(H2,27,28,32)/t21-/m1/s1. The number of hydrogen-bond acceptors (Lipinski definition) is 7. The van der Waals surface area contributed by atoms with Crippen LogP contribution in [0.5, 0.6) is 0 Å². The predicted octanol–water partition coefficient (Wildman–Crippen LogP) is 2.03. The van der Waals surface area contributed by atoms with E-state index in [2.05, 4.69) is 37.3 Å². The number of nitrogens with zero attached hydrogens (tertiary/aromatic N) is 4. The lowest BCUT2D eigenvalue weighted by molar-refractivity contribution is -0.139. The summed E-state index contributed by atoms with van der Waals surface area (Å²) in [6.07, 6.45) is 4.40. The molecule has 2 aliphatic rings. The fourth-order valence-corrected chi connectivity index (χ4v) is 4.17. The van der Waals surface area contributed by atoms with E-state index >= 15 is 0 Å². The molecule has 0 saturated carbocycles. The first-order chi connectivity index (χ1) is 16.1. The fraction of sp³-hybridized carbons (Fsp3) is 0.417. The van der Waals surface area contributed by atoms with Crippen molar-refractivity contribution >= 4 is 17.9 Å². The van der Waals surface area contributed by atoms with Gasteiger partial charge in [0.05, 0.1) is 18.2 Å². The van der Waals surface area contributed by atoms with Crippen LogP contribution in [0, 0.1) is 0 Å². The van der Waals surface area contributed by atoms with Crippen molar-refractivity contribution in [3.05, 3.63) is 65.1 Å². The van der Waals surface area contributed by atoms with Crippen molar-refractivity contribution in [2.75, 3.05) is 44.2 Å². The molecule has 1 aromatic carbocycles. The number of amides is 2. The summed E-state index contributed by atoms with van der Waals surface area (Å²) in [5.41, 5.74) is 3.09. The van der Waals surface area contributed by atoms with Crippen molar-refractivity contribution in [1.82, 2.24) is 25.5 Å². The number of hydrogen-bond donors (Lipinski definition) is 2. The first-order valence-electron chi connectivity index (χ1n) is 11.4. The highest BCUT2D eigenvalue weighted by atomic mass is 16.5. The third-order valence-corrected chi connectivity index (χ3v) is 5.96. The summed E-state index contributed by atoms with van der Waals surface area (Å²) < 4.78 is 5.38. The zero-order valence-electron chi connectivity index (χ0n) is 19.1. The molecule has 0 bridgehead atoms. The van der Waals surface area contributed by atoms with Crippen molar-refractivity contribution < 1.29 is 14.3 Å². The van der Waals surface area contributed by atoms with E-state index in [0.717, 1.165) is 38.2 Å². The highest BCUT2D eigenvalue weighted by Crippen LogP contribution is 2.29. The molecule has 0 unspecified atom stereocenters. The molecular weight excluding hydrogens is 420 g/mol. The van der Waals surface area contributed by atoms with Crippen LogP contribution in [0.4, 0.5) is 10.7 Å². The normalized spacial score (nSPS) is 19.2. The van der Waals surface area contributed by atoms with Gasteiger partial charge in [0.2, 0.25) is 5.95 Å². The number of ether oxygens (including phenoxy) is 1. The van der Waals surface area contributed by atoms with Gasteiger partial charge in [-0.1, -0.05) is 31.2 Å². The maximum Gasteiger partial charge on any atom is 0.338 e. The largest absolute Gasteiger partial charge is 0.463 e. The van der Waals surface area contributed by atoms with Crippen LogP contribution in [0.25, 0.3) is 0 Å². The number of urea groups is 1. The van der Waals surface area contributed by atoms with Gasteiger partial charge in [-0.3, -0.25) is 4.90 Å². The Morgan fingerprint density at radius 3 is 2.42 bits per heavy atom. The molecule has 0 spiro atoms. The molecule has 1 fully saturated rings. The number of aryl methyl sites for hydroxylation is 1. The van der Waals surface area contributed by atoms with Gasteiger partial charge >= 0.3 is 12.0 Å². The number of rotatable bonds is 7. The van der Waals surface area contributed by atoms with Crippen molar-refractivity contribution in [1.29, 1.82) is 0 Å². The fourth-order valence-electron chi connectivity index (χ4n) is 4.17. The summed E-state index contributed by atoms with van der Waals surface area (Å²) in [4.78, 5) is 38.5. The Hall–Kier alpha value is -3.46. The van der Waals surface area contributed by atoms with E-state index in [4.69, 9.17) is 4.74 Å². The number of benzene rings is 1. The van der Waals surface area contributed by atoms with Crippen LogP contribution in [-0.2, 0) is 16.0 Å². The van der Waals surface area contributed by atoms with E-state index in [1.165, 1.54) is 5.56 Å². The Kier molecular flexibility index (Phi) is 7.19. The maximum absolute atomic E-state index is 13.0. The lowest BCUT2D eigenvalue weighted by Gasteiger charge is -2.37. The molecule has 0 radical (unpaired) electrons. The molecule has 3 heterocycles. The summed E-state index contributed by atoms with van der Waals surface area (Å²) in [5.74, 6) is 0.301. The molecule has 2 aromatic rings. The summed E-state index contributed by atoms with van der Waals surface area (Å²) in [6.45, 7) is 7.64. The Bertz CT molecular complexity index is 1000. The van der Waals surface area contributed by atoms with Crippen molar-refractivity contribution in [2.24, 2.45) is 0 Å². The monoisotopic (exact) mass is 450 g/mol. The van der Waals surface area contributed by atoms with Gasteiger partial charge in [0.1, 0.15) is 0 Å². The minimum absolute atomic E-state index is 0.265. The number of esters is 1. The van der Waals surface area contributed by atoms with E-state index in [1.54, 1.807) is 25.4 Å². The molecular formula is C24H30N6O3. The first kappa shape index (κ1) is 22.7. The van der Waals surface area contributed by atoms with Gasteiger partial charge in [0.15, 0.2) is 0 Å². The van der Waals surface area contributed by atoms with Crippen LogP contribution in [0.3, 0.4) is 0 Å². The Morgan fingerprint density at radius 1 is 1.09 bits per heavy atom. The molecule has 1 saturated heterocycles. The van der Waals surface area contributed by atoms with Crippen molar-refractivity contribution in [2.45, 2.75) is 26.3 Å². The molecule has 2 aliphatic heterocycles. The van der Waals surface area contributed by atoms with Crippen LogP contribution < -0.4 is 15.5 Å². The molecule has 9 nitrogen and oxygen atoms in total. The minimum atomic E-state index is -0.558. The van der Waals surface area contributed by atoms with E-state index in [-0.39, 0.29) is 12.6 Å². The second kappa shape index (κ2) is 10.4. The van der Waals surface area contributed by atoms with Crippen molar-refractivity contribution in [3.63, 3.8) is 0 Å². The summed E-state index contributed by atoms with van der Waals surface area (Å²) >= 11 is 0.